The van der Waals surface area contributed by atoms with Crippen molar-refractivity contribution < 1.29 is 4.79 Å². The molecule has 0 saturated heterocycles. The van der Waals surface area contributed by atoms with E-state index < -0.39 is 0 Å². The molecule has 0 aliphatic carbocycles. The fourth-order valence-corrected chi connectivity index (χ4v) is 2.67. The minimum absolute atomic E-state index is 0.0973. The fourth-order valence-electron chi connectivity index (χ4n) is 2.67. The van der Waals surface area contributed by atoms with Gasteiger partial charge in [-0.1, -0.05) is 23.3 Å². The van der Waals surface area contributed by atoms with E-state index in [9.17, 15) is 4.79 Å². The number of hydrogen-bond donors (Lipinski definition) is 1. The van der Waals surface area contributed by atoms with Crippen molar-refractivity contribution in [1.82, 2.24) is 4.98 Å². The van der Waals surface area contributed by atoms with Crippen LogP contribution in [0.3, 0.4) is 0 Å². The van der Waals surface area contributed by atoms with Crippen molar-refractivity contribution in [3.05, 3.63) is 70.9 Å². The van der Waals surface area contributed by atoms with Gasteiger partial charge in [-0.2, -0.15) is 0 Å². The number of hydrogen-bond acceptors (Lipinski definition) is 2. The molecule has 0 radical (unpaired) electrons. The quantitative estimate of drug-likeness (QED) is 0.759. The average molecular weight is 290 g/mol. The highest BCUT2D eigenvalue weighted by molar-refractivity contribution is 6.08. The molecule has 0 spiro atoms. The van der Waals surface area contributed by atoms with Gasteiger partial charge < -0.3 is 5.32 Å². The molecule has 22 heavy (non-hydrogen) atoms. The largest absolute Gasteiger partial charge is 0.321 e. The summed E-state index contributed by atoms with van der Waals surface area (Å²) in [5.41, 5.74) is 5.48. The second kappa shape index (κ2) is 5.60. The van der Waals surface area contributed by atoms with Gasteiger partial charge in [0.15, 0.2) is 0 Å². The van der Waals surface area contributed by atoms with Crippen molar-refractivity contribution >= 4 is 22.5 Å². The zero-order valence-electron chi connectivity index (χ0n) is 13.0. The van der Waals surface area contributed by atoms with E-state index in [4.69, 9.17) is 0 Å². The van der Waals surface area contributed by atoms with Crippen molar-refractivity contribution in [2.24, 2.45) is 0 Å². The number of rotatable bonds is 2. The second-order valence-corrected chi connectivity index (χ2v) is 5.66. The van der Waals surface area contributed by atoms with Crippen molar-refractivity contribution in [3.8, 4) is 0 Å². The van der Waals surface area contributed by atoms with Gasteiger partial charge in [0.05, 0.1) is 11.2 Å². The highest BCUT2D eigenvalue weighted by Crippen LogP contribution is 2.23. The van der Waals surface area contributed by atoms with Crippen LogP contribution in [0.2, 0.25) is 0 Å². The number of carbonyl (C=O) groups excluding carboxylic acids is 1. The van der Waals surface area contributed by atoms with E-state index in [1.807, 2.05) is 63.2 Å². The molecule has 0 unspecified atom stereocenters. The molecule has 110 valence electrons. The number of fused-ring (bicyclic) bond motifs is 1. The maximum absolute atomic E-state index is 12.5. The van der Waals surface area contributed by atoms with Crippen LogP contribution in [-0.4, -0.2) is 10.9 Å². The Bertz CT molecular complexity index is 848. The third-order valence-corrected chi connectivity index (χ3v) is 3.60. The summed E-state index contributed by atoms with van der Waals surface area (Å²) in [6.45, 7) is 5.95. The Hall–Kier alpha value is -2.68. The van der Waals surface area contributed by atoms with Gasteiger partial charge in [0.2, 0.25) is 0 Å². The number of pyridine rings is 1. The number of carbonyl (C=O) groups is 1. The summed E-state index contributed by atoms with van der Waals surface area (Å²) in [5, 5.41) is 3.95. The Morgan fingerprint density at radius 2 is 1.68 bits per heavy atom. The SMILES string of the molecule is Cc1cc(C)cc(C(=O)Nc2cccc3nc(C)ccc23)c1. The molecule has 3 rings (SSSR count). The lowest BCUT2D eigenvalue weighted by Crippen LogP contribution is -2.12. The predicted octanol–water partition coefficient (Wildman–Crippen LogP) is 4.41. The van der Waals surface area contributed by atoms with E-state index in [1.54, 1.807) is 0 Å². The molecule has 2 aromatic carbocycles. The molecule has 1 amide bonds. The van der Waals surface area contributed by atoms with E-state index in [0.717, 1.165) is 33.4 Å². The Balaban J connectivity index is 1.97. The van der Waals surface area contributed by atoms with Crippen molar-refractivity contribution in [2.45, 2.75) is 20.8 Å². The zero-order valence-corrected chi connectivity index (χ0v) is 13.0. The normalized spacial score (nSPS) is 10.7. The third kappa shape index (κ3) is 2.84. The molecule has 1 heterocycles. The molecule has 3 heteroatoms. The molecule has 0 bridgehead atoms. The second-order valence-electron chi connectivity index (χ2n) is 5.66. The van der Waals surface area contributed by atoms with Gasteiger partial charge in [-0.25, -0.2) is 0 Å². The topological polar surface area (TPSA) is 42.0 Å². The Labute approximate surface area is 130 Å². The minimum Gasteiger partial charge on any atom is -0.321 e. The van der Waals surface area contributed by atoms with Gasteiger partial charge in [0.1, 0.15) is 0 Å². The summed E-state index contributed by atoms with van der Waals surface area (Å²) < 4.78 is 0. The molecule has 0 aliphatic heterocycles. The first-order chi connectivity index (χ1) is 10.5. The van der Waals surface area contributed by atoms with Crippen LogP contribution in [0, 0.1) is 20.8 Å². The van der Waals surface area contributed by atoms with Gasteiger partial charge in [-0.3, -0.25) is 9.78 Å². The Kier molecular flexibility index (Phi) is 3.63. The highest BCUT2D eigenvalue weighted by Gasteiger charge is 2.09. The summed E-state index contributed by atoms with van der Waals surface area (Å²) in [6, 6.07) is 15.6. The maximum atomic E-state index is 12.5. The molecular formula is C19H18N2O. The summed E-state index contributed by atoms with van der Waals surface area (Å²) in [6.07, 6.45) is 0. The van der Waals surface area contributed by atoms with Crippen LogP contribution in [0.25, 0.3) is 10.9 Å². The van der Waals surface area contributed by atoms with Crippen LogP contribution in [0.15, 0.2) is 48.5 Å². The number of aryl methyl sites for hydroxylation is 3. The summed E-state index contributed by atoms with van der Waals surface area (Å²) in [4.78, 5) is 17.0. The van der Waals surface area contributed by atoms with Gasteiger partial charge in [0.25, 0.3) is 5.91 Å². The average Bonchev–Trinajstić information content (AvgIpc) is 2.46. The number of aromatic nitrogens is 1. The fraction of sp³-hybridized carbons (Fsp3) is 0.158. The lowest BCUT2D eigenvalue weighted by molar-refractivity contribution is 0.102. The van der Waals surface area contributed by atoms with Crippen molar-refractivity contribution in [2.75, 3.05) is 5.32 Å². The lowest BCUT2D eigenvalue weighted by Gasteiger charge is -2.10. The number of amides is 1. The molecular weight excluding hydrogens is 272 g/mol. The van der Waals surface area contributed by atoms with E-state index in [2.05, 4.69) is 16.4 Å². The van der Waals surface area contributed by atoms with Crippen LogP contribution in [-0.2, 0) is 0 Å². The molecule has 3 nitrogen and oxygen atoms in total. The molecule has 0 fully saturated rings. The van der Waals surface area contributed by atoms with Crippen molar-refractivity contribution in [1.29, 1.82) is 0 Å². The summed E-state index contributed by atoms with van der Waals surface area (Å²) in [5.74, 6) is -0.0973. The molecule has 0 saturated carbocycles. The number of nitrogens with zero attached hydrogens (tertiary/aromatic N) is 1. The van der Waals surface area contributed by atoms with Crippen LogP contribution in [0.4, 0.5) is 5.69 Å². The number of anilines is 1. The lowest BCUT2D eigenvalue weighted by atomic mass is 10.1. The molecule has 3 aromatic rings. The first kappa shape index (κ1) is 14.3. The van der Waals surface area contributed by atoms with Crippen LogP contribution < -0.4 is 5.32 Å². The monoisotopic (exact) mass is 290 g/mol. The van der Waals surface area contributed by atoms with Gasteiger partial charge in [-0.15, -0.1) is 0 Å². The summed E-state index contributed by atoms with van der Waals surface area (Å²) in [7, 11) is 0. The standard InChI is InChI=1S/C19H18N2O/c1-12-9-13(2)11-15(10-12)19(22)21-18-6-4-5-17-16(18)8-7-14(3)20-17/h4-11H,1-3H3,(H,21,22). The van der Waals surface area contributed by atoms with Crippen LogP contribution in [0.1, 0.15) is 27.2 Å². The first-order valence-electron chi connectivity index (χ1n) is 7.29. The highest BCUT2D eigenvalue weighted by atomic mass is 16.1. The van der Waals surface area contributed by atoms with E-state index >= 15 is 0 Å². The number of nitrogens with one attached hydrogen (secondary N) is 1. The zero-order chi connectivity index (χ0) is 15.7. The van der Waals surface area contributed by atoms with Gasteiger partial charge in [-0.05, 0) is 57.2 Å². The summed E-state index contributed by atoms with van der Waals surface area (Å²) >= 11 is 0. The molecule has 1 N–H and O–H groups in total. The van der Waals surface area contributed by atoms with E-state index in [-0.39, 0.29) is 5.91 Å². The molecule has 1 aromatic heterocycles. The number of benzene rings is 2. The van der Waals surface area contributed by atoms with Gasteiger partial charge in [0, 0.05) is 16.6 Å². The first-order valence-corrected chi connectivity index (χ1v) is 7.29. The third-order valence-electron chi connectivity index (χ3n) is 3.60. The Morgan fingerprint density at radius 3 is 2.41 bits per heavy atom. The van der Waals surface area contributed by atoms with Crippen LogP contribution >= 0.6 is 0 Å². The van der Waals surface area contributed by atoms with Crippen LogP contribution in [0.5, 0.6) is 0 Å². The predicted molar refractivity (Wildman–Crippen MR) is 90.3 cm³/mol. The van der Waals surface area contributed by atoms with Gasteiger partial charge >= 0.3 is 0 Å². The van der Waals surface area contributed by atoms with E-state index in [0.29, 0.717) is 5.56 Å². The maximum Gasteiger partial charge on any atom is 0.255 e. The molecule has 0 aliphatic rings. The van der Waals surface area contributed by atoms with E-state index in [1.165, 1.54) is 0 Å². The smallest absolute Gasteiger partial charge is 0.255 e. The Morgan fingerprint density at radius 1 is 0.955 bits per heavy atom. The van der Waals surface area contributed by atoms with Crippen molar-refractivity contribution in [3.63, 3.8) is 0 Å². The molecule has 0 atom stereocenters. The minimum atomic E-state index is -0.0973.